The summed E-state index contributed by atoms with van der Waals surface area (Å²) in [6.45, 7) is 1.72. The topological polar surface area (TPSA) is 103 Å². The predicted molar refractivity (Wildman–Crippen MR) is 124 cm³/mol. The monoisotopic (exact) mass is 445 g/mol. The molecule has 0 bridgehead atoms. The van der Waals surface area contributed by atoms with Gasteiger partial charge in [-0.15, -0.1) is 10.2 Å². The Balaban J connectivity index is 1.54. The van der Waals surface area contributed by atoms with Gasteiger partial charge in [-0.1, -0.05) is 60.3 Å². The van der Waals surface area contributed by atoms with Crippen LogP contribution in [-0.4, -0.2) is 31.3 Å². The number of non-ortho nitro benzene ring substituents is 1. The highest BCUT2D eigenvalue weighted by atomic mass is 32.2. The Labute approximate surface area is 188 Å². The first kappa shape index (κ1) is 21.3. The summed E-state index contributed by atoms with van der Waals surface area (Å²) in [6.07, 6.45) is 0. The number of hydrogen-bond donors (Lipinski definition) is 1. The Bertz CT molecular complexity index is 1260. The molecule has 8 nitrogen and oxygen atoms in total. The molecule has 0 aliphatic carbocycles. The van der Waals surface area contributed by atoms with Crippen LogP contribution >= 0.6 is 11.8 Å². The van der Waals surface area contributed by atoms with Crippen molar-refractivity contribution >= 4 is 29.0 Å². The Hall–Kier alpha value is -3.98. The van der Waals surface area contributed by atoms with E-state index in [4.69, 9.17) is 0 Å². The van der Waals surface area contributed by atoms with Crippen molar-refractivity contribution in [2.45, 2.75) is 12.1 Å². The van der Waals surface area contributed by atoms with E-state index in [2.05, 4.69) is 15.5 Å². The van der Waals surface area contributed by atoms with Gasteiger partial charge < -0.3 is 5.32 Å². The summed E-state index contributed by atoms with van der Waals surface area (Å²) in [6, 6.07) is 23.8. The van der Waals surface area contributed by atoms with Gasteiger partial charge in [-0.2, -0.15) is 0 Å². The summed E-state index contributed by atoms with van der Waals surface area (Å²) >= 11 is 1.27. The number of carbonyl (C=O) groups is 1. The van der Waals surface area contributed by atoms with Gasteiger partial charge in [-0.25, -0.2) is 0 Å². The van der Waals surface area contributed by atoms with Crippen molar-refractivity contribution in [3.63, 3.8) is 0 Å². The first-order chi connectivity index (χ1) is 15.5. The Morgan fingerprint density at radius 1 is 1.03 bits per heavy atom. The highest BCUT2D eigenvalue weighted by Crippen LogP contribution is 2.28. The molecule has 1 amide bonds. The van der Waals surface area contributed by atoms with Gasteiger partial charge in [-0.3, -0.25) is 19.5 Å². The van der Waals surface area contributed by atoms with Gasteiger partial charge in [0, 0.05) is 29.1 Å². The van der Waals surface area contributed by atoms with E-state index in [1.54, 1.807) is 6.92 Å². The van der Waals surface area contributed by atoms with Gasteiger partial charge in [0.25, 0.3) is 5.69 Å². The van der Waals surface area contributed by atoms with Crippen LogP contribution in [0.5, 0.6) is 0 Å². The van der Waals surface area contributed by atoms with E-state index in [-0.39, 0.29) is 17.3 Å². The molecule has 4 aromatic rings. The number of nitrogens with one attached hydrogen (secondary N) is 1. The van der Waals surface area contributed by atoms with E-state index in [0.717, 1.165) is 11.3 Å². The van der Waals surface area contributed by atoms with Crippen LogP contribution in [0.2, 0.25) is 0 Å². The predicted octanol–water partition coefficient (Wildman–Crippen LogP) is 4.88. The molecule has 0 spiro atoms. The molecule has 0 fully saturated rings. The fourth-order valence-electron chi connectivity index (χ4n) is 3.17. The molecule has 1 aromatic heterocycles. The van der Waals surface area contributed by atoms with Gasteiger partial charge in [0.15, 0.2) is 11.0 Å². The summed E-state index contributed by atoms with van der Waals surface area (Å²) in [5.41, 5.74) is 2.96. The molecule has 0 aliphatic heterocycles. The van der Waals surface area contributed by atoms with E-state index < -0.39 is 4.92 Å². The van der Waals surface area contributed by atoms with E-state index in [1.165, 1.54) is 30.0 Å². The Morgan fingerprint density at radius 2 is 1.72 bits per heavy atom. The normalized spacial score (nSPS) is 10.7. The van der Waals surface area contributed by atoms with Gasteiger partial charge in [0.05, 0.1) is 10.7 Å². The second-order valence-corrected chi connectivity index (χ2v) is 7.88. The van der Waals surface area contributed by atoms with Crippen molar-refractivity contribution in [3.05, 3.63) is 94.5 Å². The van der Waals surface area contributed by atoms with Crippen LogP contribution in [0.15, 0.2) is 84.0 Å². The van der Waals surface area contributed by atoms with Crippen molar-refractivity contribution < 1.29 is 9.72 Å². The molecule has 1 N–H and O–H groups in total. The number of benzene rings is 3. The molecule has 32 heavy (non-hydrogen) atoms. The molecular formula is C23H19N5O3S. The van der Waals surface area contributed by atoms with Gasteiger partial charge in [0.1, 0.15) is 0 Å². The van der Waals surface area contributed by atoms with Crippen LogP contribution in [0.3, 0.4) is 0 Å². The van der Waals surface area contributed by atoms with E-state index in [1.807, 2.05) is 65.2 Å². The largest absolute Gasteiger partial charge is 0.325 e. The number of amides is 1. The lowest BCUT2D eigenvalue weighted by Gasteiger charge is -2.11. The molecule has 9 heteroatoms. The minimum Gasteiger partial charge on any atom is -0.325 e. The molecule has 160 valence electrons. The minimum absolute atomic E-state index is 0.0146. The molecule has 0 radical (unpaired) electrons. The van der Waals surface area contributed by atoms with Crippen molar-refractivity contribution in [1.82, 2.24) is 14.8 Å². The second-order valence-electron chi connectivity index (χ2n) is 6.94. The van der Waals surface area contributed by atoms with Crippen LogP contribution in [-0.2, 0) is 4.79 Å². The molecule has 0 atom stereocenters. The van der Waals surface area contributed by atoms with Crippen LogP contribution in [0, 0.1) is 17.0 Å². The van der Waals surface area contributed by atoms with Gasteiger partial charge in [-0.05, 0) is 30.7 Å². The van der Waals surface area contributed by atoms with E-state index >= 15 is 0 Å². The smallest absolute Gasteiger partial charge is 0.269 e. The maximum absolute atomic E-state index is 12.6. The molecule has 0 unspecified atom stereocenters. The maximum Gasteiger partial charge on any atom is 0.269 e. The zero-order chi connectivity index (χ0) is 22.5. The summed E-state index contributed by atoms with van der Waals surface area (Å²) in [7, 11) is 0. The van der Waals surface area contributed by atoms with Crippen LogP contribution in [0.1, 0.15) is 5.56 Å². The maximum atomic E-state index is 12.6. The summed E-state index contributed by atoms with van der Waals surface area (Å²) in [5.74, 6) is 0.553. The Morgan fingerprint density at radius 3 is 2.38 bits per heavy atom. The van der Waals surface area contributed by atoms with Gasteiger partial charge >= 0.3 is 0 Å². The highest BCUT2D eigenvalue weighted by Gasteiger charge is 2.17. The zero-order valence-electron chi connectivity index (χ0n) is 17.1. The summed E-state index contributed by atoms with van der Waals surface area (Å²) < 4.78 is 1.92. The number of rotatable bonds is 7. The Kier molecular flexibility index (Phi) is 6.27. The lowest BCUT2D eigenvalue weighted by molar-refractivity contribution is -0.384. The number of carbonyl (C=O) groups excluding carboxylic acids is 1. The molecule has 0 saturated heterocycles. The van der Waals surface area contributed by atoms with Crippen molar-refractivity contribution in [1.29, 1.82) is 0 Å². The number of para-hydroxylation sites is 1. The first-order valence-electron chi connectivity index (χ1n) is 9.77. The zero-order valence-corrected chi connectivity index (χ0v) is 18.0. The van der Waals surface area contributed by atoms with Crippen LogP contribution in [0.25, 0.3) is 17.1 Å². The van der Waals surface area contributed by atoms with Crippen LogP contribution < -0.4 is 5.32 Å². The molecule has 0 aliphatic rings. The third-order valence-corrected chi connectivity index (χ3v) is 5.64. The molecular weight excluding hydrogens is 426 g/mol. The van der Waals surface area contributed by atoms with Crippen molar-refractivity contribution in [2.75, 3.05) is 11.1 Å². The number of nitro benzene ring substituents is 1. The molecule has 0 saturated carbocycles. The first-order valence-corrected chi connectivity index (χ1v) is 10.8. The number of anilines is 1. The number of hydrogen-bond acceptors (Lipinski definition) is 6. The summed E-state index contributed by atoms with van der Waals surface area (Å²) in [4.78, 5) is 23.0. The quantitative estimate of drug-likeness (QED) is 0.247. The fourth-order valence-corrected chi connectivity index (χ4v) is 3.92. The van der Waals surface area contributed by atoms with Crippen molar-refractivity contribution in [3.8, 4) is 17.1 Å². The minimum atomic E-state index is -0.463. The standard InChI is InChI=1S/C23H19N5O3S/c1-16-14-19(28(30)31)12-13-20(16)24-21(29)15-32-23-26-25-22(17-8-4-2-5-9-17)27(23)18-10-6-3-7-11-18/h2-14H,15H2,1H3,(H,24,29). The average Bonchev–Trinajstić information content (AvgIpc) is 3.24. The third-order valence-electron chi connectivity index (χ3n) is 4.71. The number of thioether (sulfide) groups is 1. The average molecular weight is 446 g/mol. The fraction of sp³-hybridized carbons (Fsp3) is 0.0870. The SMILES string of the molecule is Cc1cc([N+](=O)[O-])ccc1NC(=O)CSc1nnc(-c2ccccc2)n1-c1ccccc1. The van der Waals surface area contributed by atoms with Crippen molar-refractivity contribution in [2.24, 2.45) is 0 Å². The molecule has 1 heterocycles. The highest BCUT2D eigenvalue weighted by molar-refractivity contribution is 7.99. The van der Waals surface area contributed by atoms with E-state index in [0.29, 0.717) is 22.2 Å². The lowest BCUT2D eigenvalue weighted by Crippen LogP contribution is -2.15. The number of aryl methyl sites for hydroxylation is 1. The van der Waals surface area contributed by atoms with E-state index in [9.17, 15) is 14.9 Å². The second kappa shape index (κ2) is 9.44. The number of aromatic nitrogens is 3. The van der Waals surface area contributed by atoms with Gasteiger partial charge in [0.2, 0.25) is 5.91 Å². The molecule has 4 rings (SSSR count). The third kappa shape index (κ3) is 4.68. The lowest BCUT2D eigenvalue weighted by atomic mass is 10.2. The number of nitrogens with zero attached hydrogens (tertiary/aromatic N) is 4. The number of nitro groups is 1. The van der Waals surface area contributed by atoms with Crippen LogP contribution in [0.4, 0.5) is 11.4 Å². The summed E-state index contributed by atoms with van der Waals surface area (Å²) in [5, 5.41) is 23.0. The molecule has 3 aromatic carbocycles.